The van der Waals surface area contributed by atoms with E-state index >= 15 is 0 Å². The van der Waals surface area contributed by atoms with Gasteiger partial charge >= 0.3 is 0 Å². The third-order valence-electron chi connectivity index (χ3n) is 4.91. The van der Waals surface area contributed by atoms with Gasteiger partial charge in [0.1, 0.15) is 5.75 Å². The first-order valence-corrected chi connectivity index (χ1v) is 10.5. The zero-order chi connectivity index (χ0) is 21.1. The third-order valence-corrected chi connectivity index (χ3v) is 4.91. The molecule has 0 heterocycles. The molecule has 0 aliphatic rings. The van der Waals surface area contributed by atoms with Gasteiger partial charge in [0.15, 0.2) is 0 Å². The highest BCUT2D eigenvalue weighted by atomic mass is 16.6. The van der Waals surface area contributed by atoms with E-state index in [4.69, 9.17) is 10.5 Å². The van der Waals surface area contributed by atoms with Crippen molar-refractivity contribution in [2.45, 2.75) is 64.6 Å². The molecule has 156 valence electrons. The summed E-state index contributed by atoms with van der Waals surface area (Å²) < 4.78 is 5.70. The summed E-state index contributed by atoms with van der Waals surface area (Å²) in [5.74, 6) is -2.15. The van der Waals surface area contributed by atoms with Crippen LogP contribution in [0.2, 0.25) is 0 Å². The number of nitrogen functional groups attached to an aromatic ring is 1. The molecule has 0 radical (unpaired) electrons. The van der Waals surface area contributed by atoms with Crippen molar-refractivity contribution in [1.29, 1.82) is 0 Å². The number of hydrogen-bond donors (Lipinski definition) is 2. The number of aryl methyl sites for hydroxylation is 1. The van der Waals surface area contributed by atoms with Crippen molar-refractivity contribution < 1.29 is 14.6 Å². The largest absolute Gasteiger partial charge is 0.451 e. The van der Waals surface area contributed by atoms with Crippen LogP contribution < -0.4 is 10.5 Å². The number of ketones is 1. The van der Waals surface area contributed by atoms with Crippen molar-refractivity contribution in [2.75, 3.05) is 5.73 Å². The number of aliphatic hydroxyl groups is 1. The Labute approximate surface area is 174 Å². The van der Waals surface area contributed by atoms with E-state index in [0.29, 0.717) is 17.0 Å². The summed E-state index contributed by atoms with van der Waals surface area (Å²) in [5.41, 5.74) is 7.79. The Morgan fingerprint density at radius 3 is 2.24 bits per heavy atom. The number of anilines is 1. The van der Waals surface area contributed by atoms with Crippen molar-refractivity contribution >= 4 is 11.5 Å². The number of allylic oxidation sites excluding steroid dienone is 1. The zero-order valence-electron chi connectivity index (χ0n) is 17.6. The Balaban J connectivity index is 1.99. The minimum absolute atomic E-state index is 0.333. The number of Topliss-reactive ketones (excluding diaryl/α,β-unsaturated/α-hetero) is 1. The first kappa shape index (κ1) is 22.7. The van der Waals surface area contributed by atoms with Crippen LogP contribution >= 0.6 is 0 Å². The smallest absolute Gasteiger partial charge is 0.292 e. The van der Waals surface area contributed by atoms with Gasteiger partial charge in [-0.2, -0.15) is 0 Å². The number of hydrogen-bond acceptors (Lipinski definition) is 4. The second-order valence-electron chi connectivity index (χ2n) is 7.41. The SMILES string of the molecule is CC=CC(O)(Oc1ccc(CCCCCCCC)cc1)C(=O)c1ccc(N)cc1. The Morgan fingerprint density at radius 1 is 1.00 bits per heavy atom. The van der Waals surface area contributed by atoms with E-state index in [0.717, 1.165) is 6.42 Å². The maximum atomic E-state index is 12.8. The van der Waals surface area contributed by atoms with Crippen LogP contribution in [0.1, 0.15) is 68.3 Å². The standard InChI is InChI=1S/C25H33NO3/c1-3-5-6-7-8-9-10-20-11-17-23(18-12-20)29-25(28,19-4-2)24(27)21-13-15-22(26)16-14-21/h4,11-19,28H,3,5-10,26H2,1-2H3. The van der Waals surface area contributed by atoms with Gasteiger partial charge in [-0.05, 0) is 67.8 Å². The van der Waals surface area contributed by atoms with Crippen LogP contribution in [0.3, 0.4) is 0 Å². The fraction of sp³-hybridized carbons (Fsp3) is 0.400. The lowest BCUT2D eigenvalue weighted by atomic mass is 10.0. The molecule has 0 spiro atoms. The molecule has 0 bridgehead atoms. The molecule has 3 N–H and O–H groups in total. The lowest BCUT2D eigenvalue weighted by molar-refractivity contribution is -0.0629. The summed E-state index contributed by atoms with van der Waals surface area (Å²) in [6.45, 7) is 3.96. The Kier molecular flexibility index (Phi) is 8.94. The van der Waals surface area contributed by atoms with E-state index in [1.54, 1.807) is 49.4 Å². The quantitative estimate of drug-likeness (QED) is 0.159. The highest BCUT2D eigenvalue weighted by Crippen LogP contribution is 2.24. The van der Waals surface area contributed by atoms with Crippen LogP contribution in [-0.4, -0.2) is 16.7 Å². The fourth-order valence-corrected chi connectivity index (χ4v) is 3.24. The van der Waals surface area contributed by atoms with Gasteiger partial charge in [-0.1, -0.05) is 57.2 Å². The molecule has 4 nitrogen and oxygen atoms in total. The Hall–Kier alpha value is -2.59. The minimum atomic E-state index is -2.06. The van der Waals surface area contributed by atoms with Gasteiger partial charge in [0, 0.05) is 11.3 Å². The van der Waals surface area contributed by atoms with Crippen molar-refractivity contribution in [2.24, 2.45) is 0 Å². The molecule has 0 saturated heterocycles. The number of carbonyl (C=O) groups is 1. The van der Waals surface area contributed by atoms with Gasteiger partial charge in [0.25, 0.3) is 5.79 Å². The minimum Gasteiger partial charge on any atom is -0.451 e. The number of ether oxygens (including phenoxy) is 1. The molecule has 0 fully saturated rings. The van der Waals surface area contributed by atoms with Crippen molar-refractivity contribution in [3.63, 3.8) is 0 Å². The molecule has 0 aliphatic carbocycles. The molecule has 2 aromatic carbocycles. The lowest BCUT2D eigenvalue weighted by Crippen LogP contribution is -2.42. The summed E-state index contributed by atoms with van der Waals surface area (Å²) in [5, 5.41) is 10.9. The van der Waals surface area contributed by atoms with Crippen LogP contribution in [0.5, 0.6) is 5.75 Å². The average molecular weight is 396 g/mol. The zero-order valence-corrected chi connectivity index (χ0v) is 17.6. The number of rotatable bonds is 12. The summed E-state index contributed by atoms with van der Waals surface area (Å²) in [7, 11) is 0. The maximum Gasteiger partial charge on any atom is 0.292 e. The number of unbranched alkanes of at least 4 members (excludes halogenated alkanes) is 5. The van der Waals surface area contributed by atoms with Gasteiger partial charge < -0.3 is 15.6 Å². The van der Waals surface area contributed by atoms with Crippen molar-refractivity contribution in [3.8, 4) is 5.75 Å². The first-order chi connectivity index (χ1) is 14.0. The Morgan fingerprint density at radius 2 is 1.62 bits per heavy atom. The van der Waals surface area contributed by atoms with E-state index in [1.807, 2.05) is 12.1 Å². The van der Waals surface area contributed by atoms with Gasteiger partial charge in [0.05, 0.1) is 0 Å². The number of carbonyl (C=O) groups excluding carboxylic acids is 1. The van der Waals surface area contributed by atoms with Gasteiger partial charge in [-0.25, -0.2) is 0 Å². The molecule has 2 rings (SSSR count). The van der Waals surface area contributed by atoms with E-state index in [2.05, 4.69) is 6.92 Å². The van der Waals surface area contributed by atoms with Gasteiger partial charge in [0.2, 0.25) is 5.78 Å². The fourth-order valence-electron chi connectivity index (χ4n) is 3.24. The monoisotopic (exact) mass is 395 g/mol. The summed E-state index contributed by atoms with van der Waals surface area (Å²) >= 11 is 0. The second-order valence-corrected chi connectivity index (χ2v) is 7.41. The molecule has 2 aromatic rings. The van der Waals surface area contributed by atoms with Crippen LogP contribution in [0, 0.1) is 0 Å². The van der Waals surface area contributed by atoms with E-state index < -0.39 is 11.6 Å². The molecule has 0 amide bonds. The number of nitrogens with two attached hydrogens (primary N) is 1. The third kappa shape index (κ3) is 7.06. The van der Waals surface area contributed by atoms with Crippen LogP contribution in [0.25, 0.3) is 0 Å². The molecular formula is C25H33NO3. The predicted molar refractivity (Wildman–Crippen MR) is 119 cm³/mol. The molecule has 1 atom stereocenters. The highest BCUT2D eigenvalue weighted by Gasteiger charge is 2.36. The average Bonchev–Trinajstić information content (AvgIpc) is 2.72. The van der Waals surface area contributed by atoms with Gasteiger partial charge in [-0.15, -0.1) is 0 Å². The normalized spacial score (nSPS) is 13.3. The first-order valence-electron chi connectivity index (χ1n) is 10.5. The van der Waals surface area contributed by atoms with Gasteiger partial charge in [-0.3, -0.25) is 4.79 Å². The number of benzene rings is 2. The van der Waals surface area contributed by atoms with Crippen molar-refractivity contribution in [1.82, 2.24) is 0 Å². The van der Waals surface area contributed by atoms with E-state index in [-0.39, 0.29) is 0 Å². The van der Waals surface area contributed by atoms with Crippen LogP contribution in [0.4, 0.5) is 5.69 Å². The Bertz CT molecular complexity index is 781. The summed E-state index contributed by atoms with van der Waals surface area (Å²) in [6, 6.07) is 14.0. The molecule has 4 heteroatoms. The molecular weight excluding hydrogens is 362 g/mol. The van der Waals surface area contributed by atoms with E-state index in [1.165, 1.54) is 50.2 Å². The second kappa shape index (κ2) is 11.4. The predicted octanol–water partition coefficient (Wildman–Crippen LogP) is 5.70. The van der Waals surface area contributed by atoms with Crippen LogP contribution in [-0.2, 0) is 6.42 Å². The summed E-state index contributed by atoms with van der Waals surface area (Å²) in [4.78, 5) is 12.8. The molecule has 1 unspecified atom stereocenters. The molecule has 0 saturated carbocycles. The molecule has 0 aliphatic heterocycles. The highest BCUT2D eigenvalue weighted by molar-refractivity contribution is 6.03. The summed E-state index contributed by atoms with van der Waals surface area (Å²) in [6.07, 6.45) is 11.6. The van der Waals surface area contributed by atoms with Crippen LogP contribution in [0.15, 0.2) is 60.7 Å². The maximum absolute atomic E-state index is 12.8. The molecule has 0 aromatic heterocycles. The lowest BCUT2D eigenvalue weighted by Gasteiger charge is -2.24. The van der Waals surface area contributed by atoms with E-state index in [9.17, 15) is 9.90 Å². The van der Waals surface area contributed by atoms with Crippen molar-refractivity contribution in [3.05, 3.63) is 71.8 Å². The molecule has 29 heavy (non-hydrogen) atoms. The topological polar surface area (TPSA) is 72.5 Å².